The Labute approximate surface area is 430 Å². The molecule has 2 aliphatic rings. The monoisotopic (exact) mass is 1050 g/mol. The maximum absolute atomic E-state index is 14.6. The summed E-state index contributed by atoms with van der Waals surface area (Å²) in [6.45, 7) is 3.28. The number of fused-ring (bicyclic) bond motifs is 1. The fourth-order valence-electron chi connectivity index (χ4n) is 8.25. The molecular formula is C49H63N11O13S. The molecule has 3 aromatic rings. The Morgan fingerprint density at radius 2 is 1.35 bits per heavy atom. The average molecular weight is 1050 g/mol. The highest BCUT2D eigenvalue weighted by molar-refractivity contribution is 8.00. The lowest BCUT2D eigenvalue weighted by atomic mass is 9.99. The van der Waals surface area contributed by atoms with Gasteiger partial charge in [-0.25, -0.2) is 4.79 Å². The largest absolute Gasteiger partial charge is 0.508 e. The first-order valence-electron chi connectivity index (χ1n) is 23.7. The maximum Gasteiger partial charge on any atom is 0.326 e. The van der Waals surface area contributed by atoms with E-state index in [4.69, 9.17) is 22.3 Å². The van der Waals surface area contributed by atoms with Crippen LogP contribution in [0.25, 0.3) is 0 Å². The molecule has 0 radical (unpaired) electrons. The van der Waals surface area contributed by atoms with E-state index >= 15 is 0 Å². The Hall–Kier alpha value is -7.93. The van der Waals surface area contributed by atoms with Crippen molar-refractivity contribution in [3.05, 3.63) is 95.6 Å². The number of hydrogen-bond donors (Lipinski definition) is 13. The summed E-state index contributed by atoms with van der Waals surface area (Å²) in [6.07, 6.45) is -1.03. The van der Waals surface area contributed by atoms with Crippen molar-refractivity contribution in [3.8, 4) is 11.5 Å². The molecule has 74 heavy (non-hydrogen) atoms. The van der Waals surface area contributed by atoms with Crippen LogP contribution in [0.2, 0.25) is 0 Å². The van der Waals surface area contributed by atoms with Crippen LogP contribution in [0.4, 0.5) is 0 Å². The number of carbonyl (C=O) groups excluding carboxylic acids is 7. The van der Waals surface area contributed by atoms with E-state index in [9.17, 15) is 58.5 Å². The van der Waals surface area contributed by atoms with E-state index in [2.05, 4.69) is 36.9 Å². The molecule has 16 N–H and O–H groups in total. The number of benzene rings is 3. The summed E-state index contributed by atoms with van der Waals surface area (Å²) in [5, 5.41) is 54.0. The van der Waals surface area contributed by atoms with E-state index in [1.54, 1.807) is 56.3 Å². The van der Waals surface area contributed by atoms with Crippen LogP contribution in [0, 0.1) is 5.92 Å². The second kappa shape index (κ2) is 26.7. The lowest BCUT2D eigenvalue weighted by molar-refractivity contribution is -0.143. The number of thioether (sulfide) groups is 1. The summed E-state index contributed by atoms with van der Waals surface area (Å²) in [4.78, 5) is 127. The highest BCUT2D eigenvalue weighted by Crippen LogP contribution is 2.34. The fourth-order valence-corrected chi connectivity index (χ4v) is 9.64. The van der Waals surface area contributed by atoms with Gasteiger partial charge in [0.05, 0.1) is 17.8 Å². The van der Waals surface area contributed by atoms with Crippen LogP contribution in [0.1, 0.15) is 56.2 Å². The van der Waals surface area contributed by atoms with Gasteiger partial charge in [0, 0.05) is 38.0 Å². The molecule has 0 spiro atoms. The predicted molar refractivity (Wildman–Crippen MR) is 269 cm³/mol. The highest BCUT2D eigenvalue weighted by atomic mass is 32.2. The van der Waals surface area contributed by atoms with Gasteiger partial charge in [0.2, 0.25) is 41.4 Å². The van der Waals surface area contributed by atoms with Crippen LogP contribution >= 0.6 is 11.8 Å². The second-order valence-electron chi connectivity index (χ2n) is 18.2. The third kappa shape index (κ3) is 16.6. The molecule has 25 heteroatoms. The van der Waals surface area contributed by atoms with Crippen molar-refractivity contribution in [3.63, 3.8) is 0 Å². The average Bonchev–Trinajstić information content (AvgIpc) is 3.64. The Morgan fingerprint density at radius 3 is 1.95 bits per heavy atom. The molecule has 398 valence electrons. The van der Waals surface area contributed by atoms with Crippen molar-refractivity contribution in [1.29, 1.82) is 0 Å². The molecule has 0 bridgehead atoms. The normalized spacial score (nSPS) is 19.4. The van der Waals surface area contributed by atoms with Gasteiger partial charge in [-0.05, 0) is 59.7 Å². The third-order valence-electron chi connectivity index (χ3n) is 12.2. The standard InChI is InChI=1S/C49H63N11O13S/c1-25(2)40(59-42(66)32(9-6-18-53-49(51)52)54-41(65)31(50)22-39(63)64)46(70)55-33(19-27-10-14-29(61)15-11-27)43(67)56-34-23-38-60(47(34)71)37(21-28-12-16-30(62)17-13-28)45(69)58-36(24-74-38)44(68)57-35(48(72)73)20-26-7-4-3-5-8-26/h3-5,7-8,10-17,25,31-38,40,61-62H,6,9,18-24,50H2,1-2H3,(H,54,65)(H,55,70)(H,56,67)(H,57,68)(H,58,69)(H,59,66)(H,63,64)(H,72,73)(H4,51,52,53)/t31-,32-,33-,34-,35-,36-,37-,38+,40-/m0/s1. The predicted octanol–water partition coefficient (Wildman–Crippen LogP) is -1.70. The second-order valence-corrected chi connectivity index (χ2v) is 19.5. The van der Waals surface area contributed by atoms with Gasteiger partial charge in [0.15, 0.2) is 5.96 Å². The minimum Gasteiger partial charge on any atom is -0.508 e. The van der Waals surface area contributed by atoms with Crippen LogP contribution in [0.3, 0.4) is 0 Å². The molecule has 2 fully saturated rings. The number of aliphatic imine (C=N–C) groups is 1. The number of nitrogens with two attached hydrogens (primary N) is 3. The fraction of sp³-hybridized carbons (Fsp3) is 0.429. The zero-order valence-electron chi connectivity index (χ0n) is 40.6. The van der Waals surface area contributed by atoms with E-state index < -0.39 is 119 Å². The minimum absolute atomic E-state index is 0.0392. The summed E-state index contributed by atoms with van der Waals surface area (Å²) in [5.41, 5.74) is 18.3. The first kappa shape index (κ1) is 57.0. The summed E-state index contributed by atoms with van der Waals surface area (Å²) >= 11 is 1.13. The van der Waals surface area contributed by atoms with Crippen LogP contribution in [0.15, 0.2) is 83.9 Å². The van der Waals surface area contributed by atoms with Crippen molar-refractivity contribution in [1.82, 2.24) is 36.8 Å². The number of rotatable bonds is 24. The SMILES string of the molecule is CC(C)[C@H](NC(=O)[C@H](CCCN=C(N)N)NC(=O)[C@@H](N)CC(=O)O)C(=O)N[C@@H](Cc1ccc(O)cc1)C(=O)N[C@H]1C[C@H]2SC[C@@H](C(=O)N[C@@H](Cc3ccccc3)C(=O)O)NC(=O)[C@H](Cc3ccc(O)cc3)N2C1=O. The van der Waals surface area contributed by atoms with Gasteiger partial charge < -0.3 is 74.4 Å². The number of amides is 7. The number of carboxylic acids is 2. The topological polar surface area (TPSA) is 400 Å². The first-order valence-corrected chi connectivity index (χ1v) is 24.8. The lowest BCUT2D eigenvalue weighted by Gasteiger charge is -2.36. The Bertz CT molecular complexity index is 2530. The van der Waals surface area contributed by atoms with Crippen LogP contribution in [0.5, 0.6) is 11.5 Å². The lowest BCUT2D eigenvalue weighted by Crippen LogP contribution is -2.61. The molecule has 0 aliphatic carbocycles. The number of phenolic OH excluding ortho intramolecular Hbond substituents is 2. The number of guanidine groups is 1. The van der Waals surface area contributed by atoms with Crippen molar-refractivity contribution in [2.75, 3.05) is 12.3 Å². The molecule has 0 saturated carbocycles. The molecule has 3 aromatic carbocycles. The molecule has 24 nitrogen and oxygen atoms in total. The molecule has 2 saturated heterocycles. The Morgan fingerprint density at radius 1 is 0.757 bits per heavy atom. The summed E-state index contributed by atoms with van der Waals surface area (Å²) in [5.74, 6) is -9.40. The van der Waals surface area contributed by atoms with Gasteiger partial charge in [-0.3, -0.25) is 43.3 Å². The van der Waals surface area contributed by atoms with E-state index in [0.29, 0.717) is 16.7 Å². The van der Waals surface area contributed by atoms with Crippen molar-refractivity contribution < 1.29 is 63.6 Å². The summed E-state index contributed by atoms with van der Waals surface area (Å²) in [6, 6.07) is 9.56. The number of phenols is 2. The van der Waals surface area contributed by atoms with E-state index in [1.807, 2.05) is 0 Å². The highest BCUT2D eigenvalue weighted by Gasteiger charge is 2.49. The van der Waals surface area contributed by atoms with Gasteiger partial charge >= 0.3 is 11.9 Å². The number of nitrogens with zero attached hydrogens (tertiary/aromatic N) is 2. The van der Waals surface area contributed by atoms with Crippen LogP contribution in [-0.2, 0) is 62.4 Å². The molecule has 7 amide bonds. The molecular weight excluding hydrogens is 983 g/mol. The minimum atomic E-state index is -1.52. The quantitative estimate of drug-likeness (QED) is 0.0270. The maximum atomic E-state index is 14.6. The molecule has 5 rings (SSSR count). The van der Waals surface area contributed by atoms with E-state index in [-0.39, 0.29) is 68.3 Å². The van der Waals surface area contributed by atoms with Gasteiger partial charge in [-0.2, -0.15) is 0 Å². The van der Waals surface area contributed by atoms with Crippen molar-refractivity contribution >= 4 is 71.0 Å². The number of aromatic hydroxyl groups is 2. The van der Waals surface area contributed by atoms with Crippen molar-refractivity contribution in [2.24, 2.45) is 28.1 Å². The molecule has 9 atom stereocenters. The molecule has 0 aromatic heterocycles. The Kier molecular flexibility index (Phi) is 20.5. The zero-order valence-corrected chi connectivity index (χ0v) is 41.5. The zero-order chi connectivity index (χ0) is 54.2. The van der Waals surface area contributed by atoms with E-state index in [0.717, 1.165) is 11.8 Å². The van der Waals surface area contributed by atoms with Gasteiger partial charge in [0.25, 0.3) is 0 Å². The first-order chi connectivity index (χ1) is 35.1. The number of carbonyl (C=O) groups is 9. The van der Waals surface area contributed by atoms with E-state index in [1.165, 1.54) is 41.3 Å². The number of hydrogen-bond acceptors (Lipinski definition) is 14. The van der Waals surface area contributed by atoms with Crippen molar-refractivity contribution in [2.45, 2.75) is 113 Å². The Balaban J connectivity index is 1.38. The molecule has 2 aliphatic heterocycles. The number of nitrogens with one attached hydrogen (secondary N) is 6. The molecule has 0 unspecified atom stereocenters. The van der Waals surface area contributed by atoms with Crippen LogP contribution in [-0.4, -0.2) is 151 Å². The van der Waals surface area contributed by atoms with Gasteiger partial charge in [-0.15, -0.1) is 11.8 Å². The number of carboxylic acid groups (broad SMARTS) is 2. The van der Waals surface area contributed by atoms with Crippen LogP contribution < -0.4 is 49.1 Å². The number of aliphatic carboxylic acids is 2. The third-order valence-corrected chi connectivity index (χ3v) is 13.5. The van der Waals surface area contributed by atoms with Gasteiger partial charge in [0.1, 0.15) is 53.8 Å². The van der Waals surface area contributed by atoms with Gasteiger partial charge in [-0.1, -0.05) is 68.4 Å². The molecule has 2 heterocycles. The smallest absolute Gasteiger partial charge is 0.326 e. The summed E-state index contributed by atoms with van der Waals surface area (Å²) in [7, 11) is 0. The summed E-state index contributed by atoms with van der Waals surface area (Å²) < 4.78 is 0.